The number of halogens is 1. The summed E-state index contributed by atoms with van der Waals surface area (Å²) in [5.41, 5.74) is 2.88. The maximum atomic E-state index is 8.86. The van der Waals surface area contributed by atoms with Gasteiger partial charge in [-0.05, 0) is 25.0 Å². The van der Waals surface area contributed by atoms with E-state index >= 15 is 0 Å². The summed E-state index contributed by atoms with van der Waals surface area (Å²) in [7, 11) is 0. The van der Waals surface area contributed by atoms with Gasteiger partial charge in [-0.3, -0.25) is 0 Å². The number of hydrogen-bond donors (Lipinski definition) is 0. The molecule has 1 aromatic carbocycles. The van der Waals surface area contributed by atoms with E-state index in [1.54, 1.807) is 0 Å². The van der Waals surface area contributed by atoms with E-state index in [4.69, 9.17) is 5.39 Å². The van der Waals surface area contributed by atoms with Crippen molar-refractivity contribution < 1.29 is 0 Å². The molecule has 1 rings (SSSR count). The third kappa shape index (κ3) is 2.07. The van der Waals surface area contributed by atoms with E-state index < -0.39 is 0 Å². The van der Waals surface area contributed by atoms with Crippen LogP contribution in [0.25, 0.3) is 4.98 Å². The Hall–Kier alpha value is -0.880. The second kappa shape index (κ2) is 4.38. The minimum absolute atomic E-state index is 0.730. The molecule has 13 heavy (non-hydrogen) atoms. The Morgan fingerprint density at radius 3 is 2.00 bits per heavy atom. The Kier molecular flexibility index (Phi) is 3.44. The summed E-state index contributed by atoms with van der Waals surface area (Å²) in [5, 5.41) is 8.86. The Labute approximate surface area is 86.7 Å². The first-order chi connectivity index (χ1) is 6.22. The van der Waals surface area contributed by atoms with Gasteiger partial charge in [0, 0.05) is 15.6 Å². The van der Waals surface area contributed by atoms with E-state index in [2.05, 4.69) is 34.8 Å². The van der Waals surface area contributed by atoms with Gasteiger partial charge in [-0.25, -0.2) is 0 Å². The largest absolute Gasteiger partial charge is 0.391 e. The van der Waals surface area contributed by atoms with Gasteiger partial charge in [-0.2, -0.15) is 0 Å². The first-order valence-electron chi connectivity index (χ1n) is 4.39. The smallest absolute Gasteiger partial charge is 0.0610 e. The van der Waals surface area contributed by atoms with Crippen molar-refractivity contribution >= 4 is 21.6 Å². The predicted octanol–water partition coefficient (Wildman–Crippen LogP) is 4.06. The summed E-state index contributed by atoms with van der Waals surface area (Å²) in [5.74, 6) is 0. The number of nitrogens with zero attached hydrogens (tertiary/aromatic N) is 2. The highest BCUT2D eigenvalue weighted by Crippen LogP contribution is 2.29. The van der Waals surface area contributed by atoms with Crippen LogP contribution in [0, 0.1) is 5.39 Å². The lowest BCUT2D eigenvalue weighted by Gasteiger charge is -1.98. The molecule has 0 amide bonds. The van der Waals surface area contributed by atoms with Crippen molar-refractivity contribution in [3.63, 3.8) is 0 Å². The minimum atomic E-state index is 0.730. The van der Waals surface area contributed by atoms with Gasteiger partial charge >= 0.3 is 5.69 Å². The quantitative estimate of drug-likeness (QED) is 0.716. The molecule has 0 saturated heterocycles. The summed E-state index contributed by atoms with van der Waals surface area (Å²) in [6.07, 6.45) is 1.76. The van der Waals surface area contributed by atoms with Crippen LogP contribution in [0.3, 0.4) is 0 Å². The molecule has 0 heterocycles. The third-order valence-electron chi connectivity index (χ3n) is 2.09. The van der Waals surface area contributed by atoms with Crippen molar-refractivity contribution in [3.05, 3.63) is 32.7 Å². The van der Waals surface area contributed by atoms with Crippen LogP contribution in [0.2, 0.25) is 0 Å². The second-order valence-electron chi connectivity index (χ2n) is 2.88. The van der Waals surface area contributed by atoms with Gasteiger partial charge in [-0.15, -0.1) is 0 Å². The highest BCUT2D eigenvalue weighted by atomic mass is 79.9. The van der Waals surface area contributed by atoms with Crippen molar-refractivity contribution in [2.75, 3.05) is 0 Å². The molecule has 0 aliphatic rings. The fraction of sp³-hybridized carbons (Fsp3) is 0.400. The highest BCUT2D eigenvalue weighted by Gasteiger charge is 2.18. The molecule has 1 aromatic rings. The standard InChI is InChI=1S/C10H12BrN2/c1-3-7-5-9(11)6-8(4-2)10(7)13-12/h5-6H,3-4H2,1-2H3/q+1. The number of diazo groups is 1. The lowest BCUT2D eigenvalue weighted by molar-refractivity contribution is 1.09. The molecule has 0 spiro atoms. The number of hydrogen-bond acceptors (Lipinski definition) is 1. The van der Waals surface area contributed by atoms with Gasteiger partial charge < -0.3 is 0 Å². The number of benzene rings is 1. The molecule has 68 valence electrons. The summed E-state index contributed by atoms with van der Waals surface area (Å²) >= 11 is 3.43. The highest BCUT2D eigenvalue weighted by molar-refractivity contribution is 9.10. The second-order valence-corrected chi connectivity index (χ2v) is 3.80. The molecule has 0 aromatic heterocycles. The summed E-state index contributed by atoms with van der Waals surface area (Å²) in [6.45, 7) is 4.10. The molecule has 0 atom stereocenters. The van der Waals surface area contributed by atoms with Gasteiger partial charge in [0.05, 0.1) is 0 Å². The summed E-state index contributed by atoms with van der Waals surface area (Å²) in [4.78, 5) is 3.33. The number of aryl methyl sites for hydroxylation is 2. The van der Waals surface area contributed by atoms with E-state index in [0.29, 0.717) is 0 Å². The van der Waals surface area contributed by atoms with E-state index in [1.807, 2.05) is 12.1 Å². The zero-order chi connectivity index (χ0) is 9.84. The third-order valence-corrected chi connectivity index (χ3v) is 2.55. The topological polar surface area (TPSA) is 28.1 Å². The van der Waals surface area contributed by atoms with Gasteiger partial charge in [-0.1, -0.05) is 29.8 Å². The first kappa shape index (κ1) is 10.2. The van der Waals surface area contributed by atoms with Crippen LogP contribution in [0.5, 0.6) is 0 Å². The molecule has 0 radical (unpaired) electrons. The van der Waals surface area contributed by atoms with E-state index in [9.17, 15) is 0 Å². The minimum Gasteiger partial charge on any atom is -0.0610 e. The Bertz CT molecular complexity index is 327. The lowest BCUT2D eigenvalue weighted by atomic mass is 10.0. The SMILES string of the molecule is CCc1cc(Br)cc(CC)c1[N+]#N. The van der Waals surface area contributed by atoms with Crippen LogP contribution >= 0.6 is 15.9 Å². The average molecular weight is 240 g/mol. The van der Waals surface area contributed by atoms with E-state index in [0.717, 1.165) is 34.1 Å². The maximum Gasteiger partial charge on any atom is 0.391 e. The zero-order valence-corrected chi connectivity index (χ0v) is 9.43. The fourth-order valence-corrected chi connectivity index (χ4v) is 1.94. The molecule has 3 heteroatoms. The predicted molar refractivity (Wildman–Crippen MR) is 57.6 cm³/mol. The molecule has 0 saturated carbocycles. The van der Waals surface area contributed by atoms with Gasteiger partial charge in [0.1, 0.15) is 0 Å². The maximum absolute atomic E-state index is 8.86. The Morgan fingerprint density at radius 2 is 1.69 bits per heavy atom. The normalized spacial score (nSPS) is 9.69. The monoisotopic (exact) mass is 239 g/mol. The molecule has 0 aliphatic heterocycles. The van der Waals surface area contributed by atoms with Crippen LogP contribution in [0.1, 0.15) is 25.0 Å². The van der Waals surface area contributed by atoms with Crippen LogP contribution in [-0.2, 0) is 12.8 Å². The van der Waals surface area contributed by atoms with Crippen LogP contribution < -0.4 is 0 Å². The van der Waals surface area contributed by atoms with E-state index in [1.165, 1.54) is 0 Å². The molecule has 0 bridgehead atoms. The molecular weight excluding hydrogens is 228 g/mol. The zero-order valence-electron chi connectivity index (χ0n) is 7.84. The molecule has 2 nitrogen and oxygen atoms in total. The first-order valence-corrected chi connectivity index (χ1v) is 5.18. The van der Waals surface area contributed by atoms with Gasteiger partial charge in [0.2, 0.25) is 5.39 Å². The fourth-order valence-electron chi connectivity index (χ4n) is 1.38. The molecule has 0 unspecified atom stereocenters. The van der Waals surface area contributed by atoms with Crippen LogP contribution in [0.15, 0.2) is 16.6 Å². The van der Waals surface area contributed by atoms with Crippen LogP contribution in [-0.4, -0.2) is 0 Å². The number of rotatable bonds is 2. The summed E-state index contributed by atoms with van der Waals surface area (Å²) < 4.78 is 1.05. The molecule has 0 N–H and O–H groups in total. The van der Waals surface area contributed by atoms with Crippen LogP contribution in [0.4, 0.5) is 5.69 Å². The van der Waals surface area contributed by atoms with Crippen molar-refractivity contribution in [1.82, 2.24) is 0 Å². The molecule has 0 fully saturated rings. The van der Waals surface area contributed by atoms with Crippen molar-refractivity contribution in [1.29, 1.82) is 5.39 Å². The summed E-state index contributed by atoms with van der Waals surface area (Å²) in [6, 6.07) is 3.99. The molecular formula is C10H12BrN2+. The van der Waals surface area contributed by atoms with Gasteiger partial charge in [0.15, 0.2) is 4.98 Å². The average Bonchev–Trinajstić information content (AvgIpc) is 2.16. The van der Waals surface area contributed by atoms with Crippen molar-refractivity contribution in [3.8, 4) is 0 Å². The van der Waals surface area contributed by atoms with Gasteiger partial charge in [0.25, 0.3) is 0 Å². The van der Waals surface area contributed by atoms with Crippen molar-refractivity contribution in [2.24, 2.45) is 0 Å². The Morgan fingerprint density at radius 1 is 1.23 bits per heavy atom. The van der Waals surface area contributed by atoms with E-state index in [-0.39, 0.29) is 0 Å². The molecule has 0 aliphatic carbocycles. The lowest BCUT2D eigenvalue weighted by Crippen LogP contribution is -1.87. The van der Waals surface area contributed by atoms with Crippen molar-refractivity contribution in [2.45, 2.75) is 26.7 Å². The Balaban J connectivity index is 3.36.